The van der Waals surface area contributed by atoms with E-state index >= 15 is 0 Å². The van der Waals surface area contributed by atoms with Gasteiger partial charge in [0.1, 0.15) is 0 Å². The van der Waals surface area contributed by atoms with Crippen LogP contribution in [0.4, 0.5) is 5.69 Å². The molecule has 0 spiro atoms. The molecule has 0 bridgehead atoms. The predicted molar refractivity (Wildman–Crippen MR) is 88.7 cm³/mol. The fourth-order valence-electron chi connectivity index (χ4n) is 1.93. The molecular weight excluding hydrogens is 361 g/mol. The number of para-hydroxylation sites is 1. The van der Waals surface area contributed by atoms with E-state index < -0.39 is 5.97 Å². The second-order valence-corrected chi connectivity index (χ2v) is 6.93. The number of anilines is 1. The third-order valence-electron chi connectivity index (χ3n) is 2.97. The Morgan fingerprint density at radius 3 is 2.26 bits per heavy atom. The van der Waals surface area contributed by atoms with Gasteiger partial charge in [0, 0.05) is 0 Å². The van der Waals surface area contributed by atoms with Gasteiger partial charge in [-0.15, -0.1) is 0 Å². The minimum absolute atomic E-state index is 0.0348. The number of carbonyl (C=O) groups excluding carboxylic acids is 2. The molecule has 0 saturated heterocycles. The quantitative estimate of drug-likeness (QED) is 0.756. The molecule has 2 aromatic carbocycles. The summed E-state index contributed by atoms with van der Waals surface area (Å²) in [6.07, 6.45) is 0. The van der Waals surface area contributed by atoms with Crippen LogP contribution in [0.15, 0.2) is 48.5 Å². The fourth-order valence-corrected chi connectivity index (χ4v) is 3.71. The van der Waals surface area contributed by atoms with Gasteiger partial charge in [-0.2, -0.15) is 0 Å². The normalized spacial score (nSPS) is 10.1. The fraction of sp³-hybridized carbons (Fsp3) is 0.118. The molecule has 2 aromatic rings. The van der Waals surface area contributed by atoms with Gasteiger partial charge in [-0.25, -0.2) is 0 Å². The Bertz CT molecular complexity index is 758. The maximum absolute atomic E-state index is 12.5. The summed E-state index contributed by atoms with van der Waals surface area (Å²) < 4.78 is 0.820. The van der Waals surface area contributed by atoms with E-state index in [1.165, 1.54) is 13.0 Å². The summed E-state index contributed by atoms with van der Waals surface area (Å²) >= 11 is -0.133. The zero-order valence-electron chi connectivity index (χ0n) is 12.4. The van der Waals surface area contributed by atoms with Gasteiger partial charge in [0.2, 0.25) is 0 Å². The molecular formula is C17H15NO4Se. The van der Waals surface area contributed by atoms with Crippen LogP contribution in [0.5, 0.6) is 0 Å². The van der Waals surface area contributed by atoms with Crippen LogP contribution in [-0.2, 0) is 4.79 Å². The van der Waals surface area contributed by atoms with Crippen molar-refractivity contribution in [1.82, 2.24) is 0 Å². The van der Waals surface area contributed by atoms with E-state index in [9.17, 15) is 14.4 Å². The number of hydrogen-bond donors (Lipinski definition) is 2. The summed E-state index contributed by atoms with van der Waals surface area (Å²) in [5.74, 6) is -1.40. The van der Waals surface area contributed by atoms with Gasteiger partial charge in [0.15, 0.2) is 0 Å². The standard InChI is InChI=1S/C17H15NO4Se/c1-11(19)10-23-15-9-5-3-7-13(15)16(20)18-14-8-4-2-6-12(14)17(21)22/h2-9H,10H2,1H3,(H,18,20)(H,21,22). The Kier molecular flexibility index (Phi) is 5.68. The van der Waals surface area contributed by atoms with Crippen molar-refractivity contribution in [1.29, 1.82) is 0 Å². The van der Waals surface area contributed by atoms with E-state index in [1.54, 1.807) is 30.3 Å². The van der Waals surface area contributed by atoms with E-state index in [0.29, 0.717) is 10.9 Å². The van der Waals surface area contributed by atoms with Gasteiger partial charge < -0.3 is 0 Å². The second-order valence-electron chi connectivity index (χ2n) is 4.79. The van der Waals surface area contributed by atoms with Crippen molar-refractivity contribution in [2.45, 2.75) is 12.2 Å². The van der Waals surface area contributed by atoms with Crippen LogP contribution < -0.4 is 9.78 Å². The van der Waals surface area contributed by atoms with Gasteiger partial charge in [0.25, 0.3) is 0 Å². The second kappa shape index (κ2) is 7.72. The summed E-state index contributed by atoms with van der Waals surface area (Å²) in [6, 6.07) is 13.3. The Morgan fingerprint density at radius 1 is 1.00 bits per heavy atom. The van der Waals surface area contributed by atoms with Gasteiger partial charge >= 0.3 is 139 Å². The van der Waals surface area contributed by atoms with Gasteiger partial charge in [0.05, 0.1) is 0 Å². The van der Waals surface area contributed by atoms with Crippen molar-refractivity contribution in [3.05, 3.63) is 59.7 Å². The Labute approximate surface area is 139 Å². The monoisotopic (exact) mass is 377 g/mol. The van der Waals surface area contributed by atoms with E-state index in [2.05, 4.69) is 5.32 Å². The number of nitrogens with one attached hydrogen (secondary N) is 1. The van der Waals surface area contributed by atoms with Gasteiger partial charge in [-0.05, 0) is 0 Å². The molecule has 0 aliphatic rings. The predicted octanol–water partition coefficient (Wildman–Crippen LogP) is 1.97. The summed E-state index contributed by atoms with van der Waals surface area (Å²) in [4.78, 5) is 34.8. The third-order valence-corrected chi connectivity index (χ3v) is 5.52. The molecule has 6 heteroatoms. The van der Waals surface area contributed by atoms with E-state index in [-0.39, 0.29) is 37.9 Å². The van der Waals surface area contributed by atoms with Crippen LogP contribution in [-0.4, -0.2) is 37.7 Å². The maximum atomic E-state index is 12.5. The van der Waals surface area contributed by atoms with Crippen molar-refractivity contribution >= 4 is 42.8 Å². The van der Waals surface area contributed by atoms with Crippen LogP contribution in [0.3, 0.4) is 0 Å². The molecule has 0 saturated carbocycles. The molecule has 0 fully saturated rings. The Balaban J connectivity index is 2.25. The number of carbonyl (C=O) groups is 3. The van der Waals surface area contributed by atoms with E-state index in [0.717, 1.165) is 4.46 Å². The first kappa shape index (κ1) is 16.9. The van der Waals surface area contributed by atoms with Gasteiger partial charge in [-0.1, -0.05) is 0 Å². The van der Waals surface area contributed by atoms with Crippen LogP contribution in [0.1, 0.15) is 27.6 Å². The Hall–Kier alpha value is -2.43. The van der Waals surface area contributed by atoms with Gasteiger partial charge in [-0.3, -0.25) is 0 Å². The molecule has 0 heterocycles. The molecule has 0 radical (unpaired) electrons. The van der Waals surface area contributed by atoms with Crippen molar-refractivity contribution in [3.8, 4) is 0 Å². The molecule has 2 rings (SSSR count). The van der Waals surface area contributed by atoms with Crippen molar-refractivity contribution in [2.75, 3.05) is 5.32 Å². The molecule has 0 aromatic heterocycles. The van der Waals surface area contributed by atoms with E-state index in [1.807, 2.05) is 12.1 Å². The topological polar surface area (TPSA) is 83.5 Å². The van der Waals surface area contributed by atoms with Crippen LogP contribution in [0.2, 0.25) is 5.32 Å². The molecule has 0 atom stereocenters. The molecule has 0 aliphatic carbocycles. The molecule has 5 nitrogen and oxygen atoms in total. The zero-order chi connectivity index (χ0) is 16.8. The first-order valence-corrected chi connectivity index (χ1v) is 8.90. The molecule has 2 N–H and O–H groups in total. The number of carboxylic acids is 1. The number of hydrogen-bond acceptors (Lipinski definition) is 3. The third kappa shape index (κ3) is 4.52. The van der Waals surface area contributed by atoms with Crippen molar-refractivity contribution in [2.24, 2.45) is 0 Å². The number of carboxylic acid groups (broad SMARTS) is 1. The number of aromatic carboxylic acids is 1. The molecule has 118 valence electrons. The summed E-state index contributed by atoms with van der Waals surface area (Å²) in [7, 11) is 0. The molecule has 0 unspecified atom stereocenters. The van der Waals surface area contributed by atoms with Crippen molar-refractivity contribution < 1.29 is 19.5 Å². The zero-order valence-corrected chi connectivity index (χ0v) is 14.1. The minimum atomic E-state index is -1.10. The Morgan fingerprint density at radius 2 is 1.61 bits per heavy atom. The average molecular weight is 376 g/mol. The molecule has 1 amide bonds. The first-order chi connectivity index (χ1) is 11.0. The van der Waals surface area contributed by atoms with Crippen LogP contribution >= 0.6 is 0 Å². The average Bonchev–Trinajstić information content (AvgIpc) is 2.53. The summed E-state index contributed by atoms with van der Waals surface area (Å²) in [6.45, 7) is 1.52. The first-order valence-electron chi connectivity index (χ1n) is 6.84. The summed E-state index contributed by atoms with van der Waals surface area (Å²) in [5, 5.41) is 12.2. The number of Topliss-reactive ketones (excluding diaryl/α,β-unsaturated/α-hetero) is 1. The van der Waals surface area contributed by atoms with Crippen molar-refractivity contribution in [3.63, 3.8) is 0 Å². The van der Waals surface area contributed by atoms with Crippen LogP contribution in [0, 0.1) is 0 Å². The number of ketones is 1. The van der Waals surface area contributed by atoms with E-state index in [4.69, 9.17) is 5.11 Å². The number of benzene rings is 2. The number of rotatable bonds is 6. The molecule has 23 heavy (non-hydrogen) atoms. The summed E-state index contributed by atoms with van der Waals surface area (Å²) in [5.41, 5.74) is 0.750. The number of amides is 1. The SMILES string of the molecule is CC(=O)C[Se]c1ccccc1C(=O)Nc1ccccc1C(=O)O. The van der Waals surface area contributed by atoms with Crippen LogP contribution in [0.25, 0.3) is 0 Å². The molecule has 0 aliphatic heterocycles.